The zero-order chi connectivity index (χ0) is 18.2. The predicted octanol–water partition coefficient (Wildman–Crippen LogP) is 3.82. The molecule has 2 rings (SSSR count). The third-order valence-electron chi connectivity index (χ3n) is 3.27. The second-order valence-electron chi connectivity index (χ2n) is 5.16. The fraction of sp³-hybridized carbons (Fsp3) is 0.222. The van der Waals surface area contributed by atoms with Crippen LogP contribution in [0, 0.1) is 5.82 Å². The van der Waals surface area contributed by atoms with Crippen molar-refractivity contribution in [1.82, 2.24) is 5.32 Å². The van der Waals surface area contributed by atoms with Gasteiger partial charge in [0, 0.05) is 16.5 Å². The van der Waals surface area contributed by atoms with E-state index in [1.54, 1.807) is 36.4 Å². The van der Waals surface area contributed by atoms with Crippen molar-refractivity contribution in [3.63, 3.8) is 0 Å². The smallest absolute Gasteiger partial charge is 0.317 e. The lowest BCUT2D eigenvalue weighted by molar-refractivity contribution is -0.152. The Balaban J connectivity index is 1.77. The van der Waals surface area contributed by atoms with E-state index in [-0.39, 0.29) is 12.3 Å². The topological polar surface area (TPSA) is 55.4 Å². The van der Waals surface area contributed by atoms with Crippen LogP contribution in [0.15, 0.2) is 53.4 Å². The summed E-state index contributed by atoms with van der Waals surface area (Å²) in [6.07, 6.45) is -0.948. The summed E-state index contributed by atoms with van der Waals surface area (Å²) >= 11 is 7.04. The molecule has 1 amide bonds. The summed E-state index contributed by atoms with van der Waals surface area (Å²) in [5, 5.41) is 3.21. The number of ether oxygens (including phenoxy) is 1. The summed E-state index contributed by atoms with van der Waals surface area (Å²) in [5.41, 5.74) is 0.770. The molecule has 0 heterocycles. The van der Waals surface area contributed by atoms with Gasteiger partial charge in [-0.1, -0.05) is 41.9 Å². The Morgan fingerprint density at radius 3 is 2.60 bits per heavy atom. The second kappa shape index (κ2) is 9.44. The van der Waals surface area contributed by atoms with E-state index in [2.05, 4.69) is 5.32 Å². The number of benzene rings is 2. The summed E-state index contributed by atoms with van der Waals surface area (Å²) in [7, 11) is 0. The van der Waals surface area contributed by atoms with Gasteiger partial charge in [0.25, 0.3) is 5.91 Å². The molecule has 25 heavy (non-hydrogen) atoms. The standard InChI is InChI=1S/C18H17ClFNO3S/c1-12(18(23)21-10-13-6-2-3-7-14(13)19)24-17(22)11-25-16-9-5-4-8-15(16)20/h2-9,12H,10-11H2,1H3,(H,21,23)/t12-/m0/s1. The van der Waals surface area contributed by atoms with Gasteiger partial charge in [-0.25, -0.2) is 4.39 Å². The van der Waals surface area contributed by atoms with E-state index >= 15 is 0 Å². The Bertz CT molecular complexity index is 757. The molecule has 2 aromatic rings. The molecule has 0 fully saturated rings. The quantitative estimate of drug-likeness (QED) is 0.585. The van der Waals surface area contributed by atoms with Gasteiger partial charge in [-0.05, 0) is 30.7 Å². The summed E-state index contributed by atoms with van der Waals surface area (Å²) in [6, 6.07) is 13.3. The van der Waals surface area contributed by atoms with E-state index in [0.717, 1.165) is 17.3 Å². The van der Waals surface area contributed by atoms with Crippen molar-refractivity contribution in [3.8, 4) is 0 Å². The predicted molar refractivity (Wildman–Crippen MR) is 96.0 cm³/mol. The highest BCUT2D eigenvalue weighted by Crippen LogP contribution is 2.21. The highest BCUT2D eigenvalue weighted by molar-refractivity contribution is 8.00. The maximum Gasteiger partial charge on any atom is 0.317 e. The molecule has 0 aliphatic rings. The van der Waals surface area contributed by atoms with E-state index in [1.807, 2.05) is 6.07 Å². The molecule has 0 saturated carbocycles. The van der Waals surface area contributed by atoms with Crippen molar-refractivity contribution in [2.75, 3.05) is 5.75 Å². The van der Waals surface area contributed by atoms with E-state index in [0.29, 0.717) is 9.92 Å². The van der Waals surface area contributed by atoms with Gasteiger partial charge < -0.3 is 10.1 Å². The van der Waals surface area contributed by atoms with Gasteiger partial charge in [0.05, 0.1) is 5.75 Å². The van der Waals surface area contributed by atoms with Gasteiger partial charge >= 0.3 is 5.97 Å². The van der Waals surface area contributed by atoms with Gasteiger partial charge in [-0.15, -0.1) is 11.8 Å². The number of carbonyl (C=O) groups is 2. The number of nitrogens with one attached hydrogen (secondary N) is 1. The van der Waals surface area contributed by atoms with Crippen LogP contribution in [0.2, 0.25) is 5.02 Å². The van der Waals surface area contributed by atoms with Crippen molar-refractivity contribution < 1.29 is 18.7 Å². The number of halogens is 2. The molecule has 0 saturated heterocycles. The lowest BCUT2D eigenvalue weighted by atomic mass is 10.2. The lowest BCUT2D eigenvalue weighted by Gasteiger charge is -2.14. The number of rotatable bonds is 7. The minimum atomic E-state index is -0.948. The second-order valence-corrected chi connectivity index (χ2v) is 6.58. The van der Waals surface area contributed by atoms with Crippen LogP contribution in [-0.4, -0.2) is 23.7 Å². The molecule has 0 unspecified atom stereocenters. The number of hydrogen-bond acceptors (Lipinski definition) is 4. The minimum Gasteiger partial charge on any atom is -0.452 e. The van der Waals surface area contributed by atoms with Gasteiger partial charge in [0.2, 0.25) is 0 Å². The average molecular weight is 382 g/mol. The molecule has 0 bridgehead atoms. The van der Waals surface area contributed by atoms with Crippen molar-refractivity contribution in [2.24, 2.45) is 0 Å². The third kappa shape index (κ3) is 6.07. The van der Waals surface area contributed by atoms with Crippen LogP contribution in [0.3, 0.4) is 0 Å². The van der Waals surface area contributed by atoms with Gasteiger partial charge in [0.15, 0.2) is 6.10 Å². The largest absolute Gasteiger partial charge is 0.452 e. The maximum atomic E-state index is 13.5. The summed E-state index contributed by atoms with van der Waals surface area (Å²) in [4.78, 5) is 24.2. The van der Waals surface area contributed by atoms with Gasteiger partial charge in [-0.2, -0.15) is 0 Å². The molecule has 0 radical (unpaired) electrons. The van der Waals surface area contributed by atoms with Crippen LogP contribution in [0.25, 0.3) is 0 Å². The maximum absolute atomic E-state index is 13.5. The van der Waals surface area contributed by atoms with E-state index < -0.39 is 23.8 Å². The zero-order valence-corrected chi connectivity index (χ0v) is 15.1. The van der Waals surface area contributed by atoms with Crippen molar-refractivity contribution in [2.45, 2.75) is 24.5 Å². The molecule has 0 spiro atoms. The Hall–Kier alpha value is -2.05. The molecule has 1 atom stereocenters. The average Bonchev–Trinajstić information content (AvgIpc) is 2.60. The van der Waals surface area contributed by atoms with Crippen LogP contribution in [-0.2, 0) is 20.9 Å². The monoisotopic (exact) mass is 381 g/mol. The third-order valence-corrected chi connectivity index (χ3v) is 4.66. The number of hydrogen-bond donors (Lipinski definition) is 1. The highest BCUT2D eigenvalue weighted by atomic mass is 35.5. The fourth-order valence-electron chi connectivity index (χ4n) is 1.95. The van der Waals surface area contributed by atoms with E-state index in [4.69, 9.17) is 16.3 Å². The van der Waals surface area contributed by atoms with Crippen LogP contribution in [0.5, 0.6) is 0 Å². The first-order valence-electron chi connectivity index (χ1n) is 7.55. The molecule has 0 aliphatic heterocycles. The molecule has 1 N–H and O–H groups in total. The molecule has 0 aliphatic carbocycles. The Kier molecular flexibility index (Phi) is 7.28. The fourth-order valence-corrected chi connectivity index (χ4v) is 2.88. The lowest BCUT2D eigenvalue weighted by Crippen LogP contribution is -2.35. The van der Waals surface area contributed by atoms with Crippen molar-refractivity contribution in [1.29, 1.82) is 0 Å². The SMILES string of the molecule is C[C@H](OC(=O)CSc1ccccc1F)C(=O)NCc1ccccc1Cl. The van der Waals surface area contributed by atoms with Crippen LogP contribution >= 0.6 is 23.4 Å². The summed E-state index contributed by atoms with van der Waals surface area (Å²) in [5.74, 6) is -1.49. The van der Waals surface area contributed by atoms with Crippen molar-refractivity contribution in [3.05, 3.63) is 64.9 Å². The van der Waals surface area contributed by atoms with Gasteiger partial charge in [-0.3, -0.25) is 9.59 Å². The minimum absolute atomic E-state index is 0.0803. The number of thioether (sulfide) groups is 1. The highest BCUT2D eigenvalue weighted by Gasteiger charge is 2.18. The van der Waals surface area contributed by atoms with E-state index in [1.165, 1.54) is 13.0 Å². The molecule has 7 heteroatoms. The molecular formula is C18H17ClFNO3S. The normalized spacial score (nSPS) is 11.6. The Labute approximate surface area is 154 Å². The first kappa shape index (κ1) is 19.3. The van der Waals surface area contributed by atoms with Crippen LogP contribution in [0.4, 0.5) is 4.39 Å². The molecule has 2 aromatic carbocycles. The molecular weight excluding hydrogens is 365 g/mol. The van der Waals surface area contributed by atoms with E-state index in [9.17, 15) is 14.0 Å². The first-order valence-corrected chi connectivity index (χ1v) is 8.91. The first-order chi connectivity index (χ1) is 12.0. The Morgan fingerprint density at radius 2 is 1.88 bits per heavy atom. The molecule has 4 nitrogen and oxygen atoms in total. The van der Waals surface area contributed by atoms with Crippen LogP contribution < -0.4 is 5.32 Å². The molecule has 0 aromatic heterocycles. The van der Waals surface area contributed by atoms with Gasteiger partial charge in [0.1, 0.15) is 5.82 Å². The summed E-state index contributed by atoms with van der Waals surface area (Å²) < 4.78 is 18.5. The molecule has 132 valence electrons. The van der Waals surface area contributed by atoms with Crippen LogP contribution in [0.1, 0.15) is 12.5 Å². The number of carbonyl (C=O) groups excluding carboxylic acids is 2. The zero-order valence-electron chi connectivity index (χ0n) is 13.5. The summed E-state index contributed by atoms with van der Waals surface area (Å²) in [6.45, 7) is 1.72. The Morgan fingerprint density at radius 1 is 1.20 bits per heavy atom. The van der Waals surface area contributed by atoms with Crippen molar-refractivity contribution >= 4 is 35.2 Å². The number of esters is 1. The number of amides is 1.